The Hall–Kier alpha value is -1.39. The first-order valence-electron chi connectivity index (χ1n) is 7.03. The maximum atomic E-state index is 13.2. The van der Waals surface area contributed by atoms with Gasteiger partial charge in [-0.15, -0.1) is 11.8 Å². The van der Waals surface area contributed by atoms with E-state index in [1.54, 1.807) is 36.0 Å². The summed E-state index contributed by atoms with van der Waals surface area (Å²) in [6.07, 6.45) is 0.778. The maximum absolute atomic E-state index is 13.2. The first-order valence-corrected chi connectivity index (χ1v) is 8.02. The summed E-state index contributed by atoms with van der Waals surface area (Å²) in [6.45, 7) is 2.92. The van der Waals surface area contributed by atoms with E-state index in [1.165, 1.54) is 18.2 Å². The third-order valence-electron chi connectivity index (χ3n) is 3.13. The minimum atomic E-state index is -0.220. The fourth-order valence-corrected chi connectivity index (χ4v) is 3.11. The summed E-state index contributed by atoms with van der Waals surface area (Å²) < 4.78 is 26.1. The first-order chi connectivity index (χ1) is 10.2. The van der Waals surface area contributed by atoms with Crippen molar-refractivity contribution < 1.29 is 8.78 Å². The Morgan fingerprint density at radius 3 is 2.48 bits per heavy atom. The average Bonchev–Trinajstić information content (AvgIpc) is 2.47. The highest BCUT2D eigenvalue weighted by Gasteiger charge is 2.10. The summed E-state index contributed by atoms with van der Waals surface area (Å²) in [5, 5.41) is 3.41. The Kier molecular flexibility index (Phi) is 6.21. The Morgan fingerprint density at radius 2 is 1.81 bits per heavy atom. The minimum absolute atomic E-state index is 0.200. The fourth-order valence-electron chi connectivity index (χ4n) is 2.15. The van der Waals surface area contributed by atoms with Crippen LogP contribution in [0.15, 0.2) is 53.4 Å². The lowest BCUT2D eigenvalue weighted by Gasteiger charge is -2.17. The van der Waals surface area contributed by atoms with Gasteiger partial charge in [0.25, 0.3) is 0 Å². The molecule has 0 aromatic heterocycles. The predicted octanol–water partition coefficient (Wildman–Crippen LogP) is 4.28. The van der Waals surface area contributed by atoms with Gasteiger partial charge in [0.2, 0.25) is 0 Å². The van der Waals surface area contributed by atoms with Crippen molar-refractivity contribution in [3.63, 3.8) is 0 Å². The molecule has 0 aliphatic heterocycles. The third kappa shape index (κ3) is 5.48. The van der Waals surface area contributed by atoms with Crippen LogP contribution in [0.3, 0.4) is 0 Å². The van der Waals surface area contributed by atoms with E-state index in [1.807, 2.05) is 6.07 Å². The zero-order valence-electron chi connectivity index (χ0n) is 12.0. The van der Waals surface area contributed by atoms with Gasteiger partial charge in [-0.3, -0.25) is 0 Å². The van der Waals surface area contributed by atoms with Gasteiger partial charge in [0.15, 0.2) is 0 Å². The predicted molar refractivity (Wildman–Crippen MR) is 84.7 cm³/mol. The summed E-state index contributed by atoms with van der Waals surface area (Å²) in [4.78, 5) is 1.04. The van der Waals surface area contributed by atoms with Crippen LogP contribution in [-0.4, -0.2) is 18.3 Å². The van der Waals surface area contributed by atoms with Crippen LogP contribution in [0.5, 0.6) is 0 Å². The van der Waals surface area contributed by atoms with Crippen molar-refractivity contribution in [2.75, 3.05) is 12.3 Å². The lowest BCUT2D eigenvalue weighted by molar-refractivity contribution is 0.568. The van der Waals surface area contributed by atoms with Gasteiger partial charge in [-0.05, 0) is 54.9 Å². The molecule has 21 heavy (non-hydrogen) atoms. The normalized spacial score (nSPS) is 12.3. The molecule has 0 spiro atoms. The number of halogens is 2. The fraction of sp³-hybridized carbons (Fsp3) is 0.294. The molecule has 112 valence electrons. The molecular weight excluding hydrogens is 288 g/mol. The van der Waals surface area contributed by atoms with Gasteiger partial charge in [0.05, 0.1) is 0 Å². The molecular formula is C17H19F2NS. The number of benzene rings is 2. The van der Waals surface area contributed by atoms with E-state index in [0.717, 1.165) is 29.2 Å². The molecule has 0 saturated heterocycles. The van der Waals surface area contributed by atoms with E-state index in [0.29, 0.717) is 0 Å². The summed E-state index contributed by atoms with van der Waals surface area (Å²) in [5.74, 6) is 0.437. The first kappa shape index (κ1) is 16.0. The second kappa shape index (κ2) is 8.15. The van der Waals surface area contributed by atoms with E-state index in [-0.39, 0.29) is 17.7 Å². The monoisotopic (exact) mass is 307 g/mol. The Bertz CT molecular complexity index is 557. The summed E-state index contributed by atoms with van der Waals surface area (Å²) in [6, 6.07) is 13.5. The van der Waals surface area contributed by atoms with Gasteiger partial charge in [-0.1, -0.05) is 19.1 Å². The van der Waals surface area contributed by atoms with Crippen LogP contribution in [0.4, 0.5) is 8.78 Å². The molecule has 2 aromatic rings. The van der Waals surface area contributed by atoms with E-state index < -0.39 is 0 Å². The standard InChI is InChI=1S/C17H19F2NS/c1-2-20-16(11-13-4-3-5-15(19)10-13)12-21-17-8-6-14(18)7-9-17/h3-10,16,20H,2,11-12H2,1H3. The van der Waals surface area contributed by atoms with Crippen LogP contribution in [0.25, 0.3) is 0 Å². The molecule has 0 fully saturated rings. The van der Waals surface area contributed by atoms with Gasteiger partial charge in [0.1, 0.15) is 11.6 Å². The average molecular weight is 307 g/mol. The zero-order chi connectivity index (χ0) is 15.1. The Morgan fingerprint density at radius 1 is 1.05 bits per heavy atom. The lowest BCUT2D eigenvalue weighted by atomic mass is 10.1. The summed E-state index contributed by atoms with van der Waals surface area (Å²) >= 11 is 1.68. The molecule has 0 radical (unpaired) electrons. The molecule has 0 saturated carbocycles. The molecule has 1 atom stereocenters. The maximum Gasteiger partial charge on any atom is 0.123 e. The van der Waals surface area contributed by atoms with Crippen LogP contribution >= 0.6 is 11.8 Å². The summed E-state index contributed by atoms with van der Waals surface area (Å²) in [5.41, 5.74) is 0.987. The topological polar surface area (TPSA) is 12.0 Å². The molecule has 2 rings (SSSR count). The molecule has 0 heterocycles. The SMILES string of the molecule is CCNC(CSc1ccc(F)cc1)Cc1cccc(F)c1. The Balaban J connectivity index is 1.93. The molecule has 1 unspecified atom stereocenters. The molecule has 0 aliphatic rings. The van der Waals surface area contributed by atoms with Crippen molar-refractivity contribution in [2.24, 2.45) is 0 Å². The largest absolute Gasteiger partial charge is 0.313 e. The molecule has 1 nitrogen and oxygen atoms in total. The molecule has 0 bridgehead atoms. The van der Waals surface area contributed by atoms with Gasteiger partial charge in [-0.25, -0.2) is 8.78 Å². The molecule has 2 aromatic carbocycles. The van der Waals surface area contributed by atoms with Crippen molar-refractivity contribution >= 4 is 11.8 Å². The quantitative estimate of drug-likeness (QED) is 0.766. The Labute approximate surface area is 128 Å². The zero-order valence-corrected chi connectivity index (χ0v) is 12.8. The van der Waals surface area contributed by atoms with E-state index >= 15 is 0 Å². The highest BCUT2D eigenvalue weighted by Crippen LogP contribution is 2.20. The van der Waals surface area contributed by atoms with Crippen molar-refractivity contribution in [2.45, 2.75) is 24.3 Å². The minimum Gasteiger partial charge on any atom is -0.313 e. The van der Waals surface area contributed by atoms with Gasteiger partial charge < -0.3 is 5.32 Å². The second-order valence-corrected chi connectivity index (χ2v) is 5.95. The van der Waals surface area contributed by atoms with Crippen LogP contribution in [0.2, 0.25) is 0 Å². The molecule has 4 heteroatoms. The molecule has 0 aliphatic carbocycles. The number of hydrogen-bond acceptors (Lipinski definition) is 2. The van der Waals surface area contributed by atoms with Crippen molar-refractivity contribution in [1.82, 2.24) is 5.32 Å². The van der Waals surface area contributed by atoms with E-state index in [4.69, 9.17) is 0 Å². The third-order valence-corrected chi connectivity index (χ3v) is 4.30. The smallest absolute Gasteiger partial charge is 0.123 e. The van der Waals surface area contributed by atoms with Gasteiger partial charge in [0, 0.05) is 16.7 Å². The number of nitrogens with one attached hydrogen (secondary N) is 1. The highest BCUT2D eigenvalue weighted by molar-refractivity contribution is 7.99. The number of likely N-dealkylation sites (N-methyl/N-ethyl adjacent to an activating group) is 1. The molecule has 1 N–H and O–H groups in total. The van der Waals surface area contributed by atoms with Crippen molar-refractivity contribution in [1.29, 1.82) is 0 Å². The van der Waals surface area contributed by atoms with Crippen LogP contribution < -0.4 is 5.32 Å². The number of hydrogen-bond donors (Lipinski definition) is 1. The summed E-state index contributed by atoms with van der Waals surface area (Å²) in [7, 11) is 0. The number of rotatable bonds is 7. The van der Waals surface area contributed by atoms with E-state index in [2.05, 4.69) is 12.2 Å². The van der Waals surface area contributed by atoms with Crippen molar-refractivity contribution in [3.05, 3.63) is 65.7 Å². The second-order valence-electron chi connectivity index (χ2n) is 4.85. The van der Waals surface area contributed by atoms with Gasteiger partial charge >= 0.3 is 0 Å². The van der Waals surface area contributed by atoms with Crippen molar-refractivity contribution in [3.8, 4) is 0 Å². The van der Waals surface area contributed by atoms with E-state index in [9.17, 15) is 8.78 Å². The lowest BCUT2D eigenvalue weighted by Crippen LogP contribution is -2.33. The van der Waals surface area contributed by atoms with Crippen LogP contribution in [0.1, 0.15) is 12.5 Å². The number of thioether (sulfide) groups is 1. The van der Waals surface area contributed by atoms with Gasteiger partial charge in [-0.2, -0.15) is 0 Å². The van der Waals surface area contributed by atoms with Crippen LogP contribution in [0, 0.1) is 11.6 Å². The van der Waals surface area contributed by atoms with Crippen LogP contribution in [-0.2, 0) is 6.42 Å². The molecule has 0 amide bonds. The highest BCUT2D eigenvalue weighted by atomic mass is 32.2.